The number of thiophene rings is 1. The van der Waals surface area contributed by atoms with E-state index in [1.54, 1.807) is 12.4 Å². The molecule has 0 aromatic carbocycles. The summed E-state index contributed by atoms with van der Waals surface area (Å²) in [5.41, 5.74) is 3.05. The zero-order valence-corrected chi connectivity index (χ0v) is 21.3. The van der Waals surface area contributed by atoms with Crippen molar-refractivity contribution in [2.24, 2.45) is 5.92 Å². The summed E-state index contributed by atoms with van der Waals surface area (Å²) in [7, 11) is -4.40. The highest BCUT2D eigenvalue weighted by Gasteiger charge is 2.34. The van der Waals surface area contributed by atoms with Gasteiger partial charge in [-0.2, -0.15) is 18.2 Å². The molecule has 1 fully saturated rings. The highest BCUT2D eigenvalue weighted by Crippen LogP contribution is 2.31. The normalized spacial score (nSPS) is 19.9. The monoisotopic (exact) mass is 542 g/mol. The Balaban J connectivity index is 1.29. The van der Waals surface area contributed by atoms with Crippen LogP contribution in [-0.4, -0.2) is 60.7 Å². The molecule has 1 aliphatic rings. The smallest absolute Gasteiger partial charge is 0.333 e. The molecule has 0 bridgehead atoms. The molecular formula is C23H24N7O5S2. The summed E-state index contributed by atoms with van der Waals surface area (Å²) in [6, 6.07) is 3.48. The molecule has 4 N–H and O–H groups in total. The number of aliphatic hydroxyl groups excluding tert-OH is 1. The first kappa shape index (κ1) is 25.4. The lowest BCUT2D eigenvalue weighted by Gasteiger charge is -2.15. The third kappa shape index (κ3) is 5.67. The fourth-order valence-electron chi connectivity index (χ4n) is 4.51. The van der Waals surface area contributed by atoms with Gasteiger partial charge in [-0.3, -0.25) is 19.0 Å². The van der Waals surface area contributed by atoms with Crippen LogP contribution < -0.4 is 10.0 Å². The molecule has 1 saturated carbocycles. The summed E-state index contributed by atoms with van der Waals surface area (Å²) >= 11 is 1.32. The molecular weight excluding hydrogens is 518 g/mol. The van der Waals surface area contributed by atoms with Gasteiger partial charge >= 0.3 is 10.3 Å². The van der Waals surface area contributed by atoms with Gasteiger partial charge in [0.05, 0.1) is 40.5 Å². The van der Waals surface area contributed by atoms with E-state index in [9.17, 15) is 18.3 Å². The molecule has 1 radical (unpaired) electrons. The SMILES string of the molecule is Cc1nn(Cc2csc(C(=O)c3cncnc3N[C@H]3C[C@H](O)[C@@H]([CH]NS(=O)(=O)O)C3)c2)c2cnccc12. The lowest BCUT2D eigenvalue weighted by atomic mass is 10.1. The van der Waals surface area contributed by atoms with Crippen molar-refractivity contribution in [1.29, 1.82) is 0 Å². The molecule has 4 aromatic rings. The van der Waals surface area contributed by atoms with Crippen molar-refractivity contribution in [2.75, 3.05) is 5.32 Å². The zero-order valence-electron chi connectivity index (χ0n) is 19.6. The molecule has 4 aromatic heterocycles. The van der Waals surface area contributed by atoms with Crippen molar-refractivity contribution in [3.05, 3.63) is 70.7 Å². The zero-order chi connectivity index (χ0) is 26.2. The number of fused-ring (bicyclic) bond motifs is 1. The quantitative estimate of drug-likeness (QED) is 0.181. The number of aromatic nitrogens is 5. The average molecular weight is 543 g/mol. The molecule has 0 aliphatic heterocycles. The van der Waals surface area contributed by atoms with Gasteiger partial charge in [0, 0.05) is 36.3 Å². The van der Waals surface area contributed by atoms with E-state index in [1.807, 2.05) is 33.8 Å². The lowest BCUT2D eigenvalue weighted by Crippen LogP contribution is -2.27. The summed E-state index contributed by atoms with van der Waals surface area (Å²) in [5.74, 6) is -0.426. The molecule has 12 nitrogen and oxygen atoms in total. The Labute approximate surface area is 216 Å². The molecule has 3 atom stereocenters. The van der Waals surface area contributed by atoms with Crippen LogP contribution in [0.2, 0.25) is 0 Å². The van der Waals surface area contributed by atoms with Crippen molar-refractivity contribution in [3.63, 3.8) is 0 Å². The number of rotatable bonds is 9. The van der Waals surface area contributed by atoms with Crippen LogP contribution in [0.3, 0.4) is 0 Å². The summed E-state index contributed by atoms with van der Waals surface area (Å²) in [6.45, 7) is 3.59. The Kier molecular flexibility index (Phi) is 7.00. The summed E-state index contributed by atoms with van der Waals surface area (Å²) in [5, 5.41) is 21.0. The fourth-order valence-corrected chi connectivity index (χ4v) is 5.72. The van der Waals surface area contributed by atoms with Gasteiger partial charge in [-0.05, 0) is 42.8 Å². The lowest BCUT2D eigenvalue weighted by molar-refractivity contribution is 0.104. The minimum absolute atomic E-state index is 0.239. The molecule has 5 rings (SSSR count). The van der Waals surface area contributed by atoms with E-state index in [-0.39, 0.29) is 11.8 Å². The van der Waals surface area contributed by atoms with Crippen LogP contribution in [0.25, 0.3) is 10.9 Å². The first-order chi connectivity index (χ1) is 17.7. The molecule has 0 spiro atoms. The number of pyridine rings is 1. The Morgan fingerprint density at radius 3 is 2.95 bits per heavy atom. The number of hydrogen-bond acceptors (Lipinski definition) is 10. The molecule has 0 unspecified atom stereocenters. The molecule has 37 heavy (non-hydrogen) atoms. The Morgan fingerprint density at radius 2 is 2.14 bits per heavy atom. The number of nitrogens with zero attached hydrogens (tertiary/aromatic N) is 5. The van der Waals surface area contributed by atoms with Gasteiger partial charge in [0.2, 0.25) is 5.78 Å². The van der Waals surface area contributed by atoms with Gasteiger partial charge in [-0.15, -0.1) is 11.3 Å². The van der Waals surface area contributed by atoms with Gasteiger partial charge < -0.3 is 10.4 Å². The fraction of sp³-hybridized carbons (Fsp3) is 0.304. The maximum atomic E-state index is 13.4. The van der Waals surface area contributed by atoms with Gasteiger partial charge in [-0.1, -0.05) is 0 Å². The van der Waals surface area contributed by atoms with Crippen LogP contribution in [0.15, 0.2) is 42.4 Å². The number of ketones is 1. The average Bonchev–Trinajstić information content (AvgIpc) is 3.55. The van der Waals surface area contributed by atoms with E-state index >= 15 is 0 Å². The standard InChI is InChI=1S/C23H24N7O5S2/c1-13-17-2-3-24-9-19(17)30(29-13)10-14-4-21(36-11-14)22(32)18-8-25-12-26-23(18)28-16-5-15(20(31)6-16)7-27-37(33,34)35/h2-4,7-9,11-12,15-16,20,27,31H,5-6,10H2,1H3,(H,25,26,28)(H,33,34,35)/t15-,16-,20+/m1/s1. The second-order valence-electron chi connectivity index (χ2n) is 8.87. The molecule has 14 heteroatoms. The Bertz CT molecular complexity index is 1550. The van der Waals surface area contributed by atoms with Gasteiger partial charge in [0.15, 0.2) is 0 Å². The van der Waals surface area contributed by atoms with Crippen molar-refractivity contribution in [1.82, 2.24) is 29.5 Å². The van der Waals surface area contributed by atoms with Gasteiger partial charge in [-0.25, -0.2) is 9.97 Å². The molecule has 193 valence electrons. The topological polar surface area (TPSA) is 172 Å². The molecule has 4 heterocycles. The maximum Gasteiger partial charge on any atom is 0.333 e. The maximum absolute atomic E-state index is 13.4. The first-order valence-electron chi connectivity index (χ1n) is 11.4. The molecule has 0 saturated heterocycles. The summed E-state index contributed by atoms with van der Waals surface area (Å²) < 4.78 is 34.5. The van der Waals surface area contributed by atoms with E-state index < -0.39 is 22.3 Å². The van der Waals surface area contributed by atoms with Crippen LogP contribution in [0, 0.1) is 19.4 Å². The van der Waals surface area contributed by atoms with Gasteiger partial charge in [0.1, 0.15) is 12.1 Å². The van der Waals surface area contributed by atoms with Crippen LogP contribution in [-0.2, 0) is 16.8 Å². The van der Waals surface area contributed by atoms with Crippen LogP contribution in [0.4, 0.5) is 5.82 Å². The predicted molar refractivity (Wildman–Crippen MR) is 136 cm³/mol. The Morgan fingerprint density at radius 1 is 1.30 bits per heavy atom. The van der Waals surface area contributed by atoms with Crippen LogP contribution in [0.1, 0.15) is 39.3 Å². The molecule has 1 aliphatic carbocycles. The van der Waals surface area contributed by atoms with Crippen molar-refractivity contribution in [2.45, 2.75) is 38.5 Å². The van der Waals surface area contributed by atoms with Crippen LogP contribution >= 0.6 is 11.3 Å². The third-order valence-corrected chi connectivity index (χ3v) is 7.67. The van der Waals surface area contributed by atoms with E-state index in [2.05, 4.69) is 25.4 Å². The summed E-state index contributed by atoms with van der Waals surface area (Å²) in [6.07, 6.45) is 6.13. The van der Waals surface area contributed by atoms with E-state index in [0.717, 1.165) is 28.7 Å². The second kappa shape index (κ2) is 10.2. The largest absolute Gasteiger partial charge is 0.393 e. The van der Waals surface area contributed by atoms with E-state index in [0.29, 0.717) is 35.6 Å². The van der Waals surface area contributed by atoms with Crippen molar-refractivity contribution in [3.8, 4) is 0 Å². The minimum atomic E-state index is -4.40. The number of carbonyl (C=O) groups is 1. The summed E-state index contributed by atoms with van der Waals surface area (Å²) in [4.78, 5) is 26.3. The van der Waals surface area contributed by atoms with Crippen molar-refractivity contribution < 1.29 is 22.9 Å². The number of aliphatic hydroxyl groups is 1. The number of hydrogen-bond donors (Lipinski definition) is 4. The number of nitrogens with one attached hydrogen (secondary N) is 2. The molecule has 0 amide bonds. The third-order valence-electron chi connectivity index (χ3n) is 6.25. The van der Waals surface area contributed by atoms with E-state index in [4.69, 9.17) is 4.55 Å². The first-order valence-corrected chi connectivity index (χ1v) is 13.7. The second-order valence-corrected chi connectivity index (χ2v) is 11.0. The van der Waals surface area contributed by atoms with Crippen LogP contribution in [0.5, 0.6) is 0 Å². The number of carbonyl (C=O) groups excluding carboxylic acids is 1. The minimum Gasteiger partial charge on any atom is -0.393 e. The van der Waals surface area contributed by atoms with Gasteiger partial charge in [0.25, 0.3) is 0 Å². The number of aryl methyl sites for hydroxylation is 1. The van der Waals surface area contributed by atoms with E-state index in [1.165, 1.54) is 23.9 Å². The highest BCUT2D eigenvalue weighted by atomic mass is 32.2. The Hall–Kier alpha value is -3.30. The predicted octanol–water partition coefficient (Wildman–Crippen LogP) is 1.98. The highest BCUT2D eigenvalue weighted by molar-refractivity contribution is 7.83. The number of anilines is 1. The van der Waals surface area contributed by atoms with Crippen molar-refractivity contribution >= 4 is 44.1 Å².